The van der Waals surface area contributed by atoms with E-state index in [2.05, 4.69) is 15.6 Å². The number of nitro groups is 1. The summed E-state index contributed by atoms with van der Waals surface area (Å²) in [6.45, 7) is 2.75. The molecule has 2 heterocycles. The Kier molecular flexibility index (Phi) is 3.31. The third-order valence-electron chi connectivity index (χ3n) is 3.40. The van der Waals surface area contributed by atoms with Crippen LogP contribution in [0.1, 0.15) is 6.42 Å². The van der Waals surface area contributed by atoms with E-state index in [0.717, 1.165) is 30.8 Å². The molecule has 1 aliphatic rings. The molecule has 0 saturated carbocycles. The first-order valence-corrected chi connectivity index (χ1v) is 7.09. The summed E-state index contributed by atoms with van der Waals surface area (Å²) in [7, 11) is 0. The van der Waals surface area contributed by atoms with Crippen molar-refractivity contribution in [2.45, 2.75) is 6.42 Å². The number of nitro benzene ring substituents is 1. The van der Waals surface area contributed by atoms with E-state index in [9.17, 15) is 10.1 Å². The molecule has 1 atom stereocenters. The van der Waals surface area contributed by atoms with Crippen LogP contribution >= 0.6 is 11.3 Å². The highest BCUT2D eigenvalue weighted by atomic mass is 32.1. The van der Waals surface area contributed by atoms with Gasteiger partial charge >= 0.3 is 5.69 Å². The summed E-state index contributed by atoms with van der Waals surface area (Å²) in [6.07, 6.45) is 1.11. The van der Waals surface area contributed by atoms with E-state index in [1.54, 1.807) is 11.6 Å². The molecule has 19 heavy (non-hydrogen) atoms. The quantitative estimate of drug-likeness (QED) is 0.662. The fourth-order valence-corrected chi connectivity index (χ4v) is 3.07. The molecular weight excluding hydrogens is 264 g/mol. The minimum Gasteiger partial charge on any atom is -0.379 e. The summed E-state index contributed by atoms with van der Waals surface area (Å²) in [4.78, 5) is 15.0. The van der Waals surface area contributed by atoms with Crippen LogP contribution in [0.25, 0.3) is 10.2 Å². The van der Waals surface area contributed by atoms with Gasteiger partial charge in [-0.15, -0.1) is 11.3 Å². The van der Waals surface area contributed by atoms with Crippen LogP contribution in [-0.2, 0) is 0 Å². The molecule has 0 aliphatic carbocycles. The maximum Gasteiger partial charge on any atom is 0.319 e. The fraction of sp³-hybridized carbons (Fsp3) is 0.417. The zero-order valence-electron chi connectivity index (χ0n) is 10.3. The Balaban J connectivity index is 1.88. The molecule has 1 aromatic carbocycles. The number of aromatic nitrogens is 1. The lowest BCUT2D eigenvalue weighted by molar-refractivity contribution is -0.382. The molecule has 6 nitrogen and oxygen atoms in total. The number of nitrogens with one attached hydrogen (secondary N) is 2. The van der Waals surface area contributed by atoms with E-state index in [1.807, 2.05) is 6.07 Å². The number of anilines is 1. The van der Waals surface area contributed by atoms with Gasteiger partial charge in [-0.2, -0.15) is 0 Å². The lowest BCUT2D eigenvalue weighted by atomic mass is 10.1. The smallest absolute Gasteiger partial charge is 0.319 e. The van der Waals surface area contributed by atoms with Gasteiger partial charge in [0.05, 0.1) is 15.1 Å². The maximum absolute atomic E-state index is 11.2. The van der Waals surface area contributed by atoms with Gasteiger partial charge in [-0.1, -0.05) is 0 Å². The monoisotopic (exact) mass is 278 g/mol. The van der Waals surface area contributed by atoms with Crippen molar-refractivity contribution in [3.63, 3.8) is 0 Å². The van der Waals surface area contributed by atoms with Gasteiger partial charge in [0, 0.05) is 6.54 Å². The number of nitrogens with zero attached hydrogens (tertiary/aromatic N) is 2. The van der Waals surface area contributed by atoms with E-state index in [-0.39, 0.29) is 10.6 Å². The van der Waals surface area contributed by atoms with Gasteiger partial charge in [0.15, 0.2) is 5.52 Å². The third-order valence-corrected chi connectivity index (χ3v) is 4.20. The minimum absolute atomic E-state index is 0.0877. The average molecular weight is 278 g/mol. The molecule has 2 N–H and O–H groups in total. The van der Waals surface area contributed by atoms with Crippen molar-refractivity contribution >= 4 is 32.9 Å². The molecule has 2 aromatic rings. The first kappa shape index (κ1) is 12.3. The molecule has 1 fully saturated rings. The van der Waals surface area contributed by atoms with Gasteiger partial charge in [0.25, 0.3) is 0 Å². The van der Waals surface area contributed by atoms with E-state index in [4.69, 9.17) is 0 Å². The van der Waals surface area contributed by atoms with Crippen LogP contribution in [0.5, 0.6) is 0 Å². The standard InChI is InChI=1S/C12H14N4O2S/c17-16(18)12-9(14-6-8-3-4-13-5-8)1-2-10-11(12)15-7-19-10/h1-2,7-8,13-14H,3-6H2. The molecule has 0 spiro atoms. The summed E-state index contributed by atoms with van der Waals surface area (Å²) in [5.41, 5.74) is 2.77. The number of benzene rings is 1. The Hall–Kier alpha value is -1.73. The lowest BCUT2D eigenvalue weighted by Gasteiger charge is -2.11. The molecule has 1 saturated heterocycles. The van der Waals surface area contributed by atoms with Gasteiger partial charge in [-0.3, -0.25) is 10.1 Å². The SMILES string of the molecule is O=[N+]([O-])c1c(NCC2CCNC2)ccc2scnc12. The molecule has 1 unspecified atom stereocenters. The highest BCUT2D eigenvalue weighted by Gasteiger charge is 2.22. The number of hydrogen-bond acceptors (Lipinski definition) is 6. The second kappa shape index (κ2) is 5.10. The van der Waals surface area contributed by atoms with Gasteiger partial charge in [-0.25, -0.2) is 4.98 Å². The van der Waals surface area contributed by atoms with Gasteiger partial charge in [0.1, 0.15) is 5.69 Å². The van der Waals surface area contributed by atoms with Crippen molar-refractivity contribution in [1.29, 1.82) is 0 Å². The van der Waals surface area contributed by atoms with Crippen molar-refractivity contribution in [3.8, 4) is 0 Å². The van der Waals surface area contributed by atoms with Gasteiger partial charge in [0.2, 0.25) is 0 Å². The van der Waals surface area contributed by atoms with Crippen molar-refractivity contribution in [1.82, 2.24) is 10.3 Å². The van der Waals surface area contributed by atoms with Crippen molar-refractivity contribution in [2.75, 3.05) is 25.0 Å². The average Bonchev–Trinajstić information content (AvgIpc) is 3.06. The summed E-state index contributed by atoms with van der Waals surface area (Å²) >= 11 is 1.42. The van der Waals surface area contributed by atoms with E-state index in [1.165, 1.54) is 11.3 Å². The summed E-state index contributed by atoms with van der Waals surface area (Å²) in [5, 5.41) is 17.7. The second-order valence-corrected chi connectivity index (χ2v) is 5.54. The number of fused-ring (bicyclic) bond motifs is 1. The third kappa shape index (κ3) is 2.39. The van der Waals surface area contributed by atoms with Crippen LogP contribution in [0.3, 0.4) is 0 Å². The summed E-state index contributed by atoms with van der Waals surface area (Å²) in [6, 6.07) is 3.66. The maximum atomic E-state index is 11.2. The van der Waals surface area contributed by atoms with E-state index < -0.39 is 0 Å². The molecule has 0 bridgehead atoms. The Morgan fingerprint density at radius 3 is 3.21 bits per heavy atom. The summed E-state index contributed by atoms with van der Waals surface area (Å²) in [5.74, 6) is 0.533. The van der Waals surface area contributed by atoms with Gasteiger partial charge in [-0.05, 0) is 37.6 Å². The zero-order chi connectivity index (χ0) is 13.2. The largest absolute Gasteiger partial charge is 0.379 e. The topological polar surface area (TPSA) is 80.1 Å². The molecule has 3 rings (SSSR count). The molecular formula is C12H14N4O2S. The van der Waals surface area contributed by atoms with E-state index in [0.29, 0.717) is 17.1 Å². The number of thiazole rings is 1. The van der Waals surface area contributed by atoms with Gasteiger partial charge < -0.3 is 10.6 Å². The first-order chi connectivity index (χ1) is 9.25. The second-order valence-electron chi connectivity index (χ2n) is 4.66. The van der Waals surface area contributed by atoms with Crippen LogP contribution in [-0.4, -0.2) is 29.5 Å². The number of hydrogen-bond donors (Lipinski definition) is 2. The molecule has 100 valence electrons. The van der Waals surface area contributed by atoms with Crippen molar-refractivity contribution in [2.24, 2.45) is 5.92 Å². The Morgan fingerprint density at radius 1 is 1.58 bits per heavy atom. The Bertz CT molecular complexity index is 607. The molecule has 1 aliphatic heterocycles. The van der Waals surface area contributed by atoms with E-state index >= 15 is 0 Å². The molecule has 1 aromatic heterocycles. The minimum atomic E-state index is -0.350. The molecule has 0 radical (unpaired) electrons. The summed E-state index contributed by atoms with van der Waals surface area (Å²) < 4.78 is 0.847. The Morgan fingerprint density at radius 2 is 2.47 bits per heavy atom. The zero-order valence-corrected chi connectivity index (χ0v) is 11.1. The lowest BCUT2D eigenvalue weighted by Crippen LogP contribution is -2.17. The Labute approximate surface area is 114 Å². The first-order valence-electron chi connectivity index (χ1n) is 6.21. The van der Waals surface area contributed by atoms with Crippen LogP contribution in [0.2, 0.25) is 0 Å². The molecule has 7 heteroatoms. The highest BCUT2D eigenvalue weighted by molar-refractivity contribution is 7.16. The van der Waals surface area contributed by atoms with Crippen LogP contribution in [0, 0.1) is 16.0 Å². The van der Waals surface area contributed by atoms with Crippen molar-refractivity contribution in [3.05, 3.63) is 27.8 Å². The van der Waals surface area contributed by atoms with Crippen LogP contribution in [0.4, 0.5) is 11.4 Å². The van der Waals surface area contributed by atoms with Crippen LogP contribution < -0.4 is 10.6 Å². The highest BCUT2D eigenvalue weighted by Crippen LogP contribution is 2.34. The van der Waals surface area contributed by atoms with Crippen LogP contribution in [0.15, 0.2) is 17.6 Å². The van der Waals surface area contributed by atoms with Crippen molar-refractivity contribution < 1.29 is 4.92 Å². The normalized spacial score (nSPS) is 18.8. The molecule has 0 amide bonds. The number of rotatable bonds is 4. The fourth-order valence-electron chi connectivity index (χ4n) is 2.39. The predicted octanol–water partition coefficient (Wildman–Crippen LogP) is 2.23. The predicted molar refractivity (Wildman–Crippen MR) is 75.7 cm³/mol.